The molecule has 0 bridgehead atoms. The van der Waals surface area contributed by atoms with Crippen molar-refractivity contribution in [1.29, 1.82) is 0 Å². The Hall–Kier alpha value is -3.14. The fraction of sp³-hybridized carbons (Fsp3) is 0.238. The summed E-state index contributed by atoms with van der Waals surface area (Å²) >= 11 is 0. The lowest BCUT2D eigenvalue weighted by Crippen LogP contribution is -2.26. The van der Waals surface area contributed by atoms with Crippen LogP contribution >= 0.6 is 0 Å². The van der Waals surface area contributed by atoms with Crippen LogP contribution in [-0.2, 0) is 6.61 Å². The second-order valence-electron chi connectivity index (χ2n) is 6.58. The van der Waals surface area contributed by atoms with Crippen molar-refractivity contribution < 1.29 is 15.0 Å². The zero-order valence-corrected chi connectivity index (χ0v) is 15.1. The number of aliphatic hydroxyl groups excluding tert-OH is 1. The van der Waals surface area contributed by atoms with Crippen molar-refractivity contribution in [3.05, 3.63) is 65.5 Å². The van der Waals surface area contributed by atoms with Crippen LogP contribution in [0.4, 0.5) is 0 Å². The molecule has 1 aliphatic rings. The number of nitrogens with zero attached hydrogens (tertiary/aromatic N) is 2. The summed E-state index contributed by atoms with van der Waals surface area (Å²) in [5.41, 5.74) is 7.27. The summed E-state index contributed by atoms with van der Waals surface area (Å²) in [6.45, 7) is 4.39. The molecule has 0 radical (unpaired) electrons. The Morgan fingerprint density at radius 2 is 2.19 bits per heavy atom. The Morgan fingerprint density at radius 1 is 1.41 bits per heavy atom. The fourth-order valence-corrected chi connectivity index (χ4v) is 2.94. The van der Waals surface area contributed by atoms with Crippen LogP contribution in [0.5, 0.6) is 0 Å². The van der Waals surface area contributed by atoms with E-state index in [0.717, 1.165) is 5.56 Å². The highest BCUT2D eigenvalue weighted by Gasteiger charge is 2.36. The second-order valence-corrected chi connectivity index (χ2v) is 6.58. The molecule has 1 fully saturated rings. The molecule has 0 aliphatic carbocycles. The number of aromatic nitrogens is 1. The molecule has 6 heteroatoms. The predicted octanol–water partition coefficient (Wildman–Crippen LogP) is 1.27. The smallest absolute Gasteiger partial charge is 0.267 e. The van der Waals surface area contributed by atoms with E-state index in [1.165, 1.54) is 6.07 Å². The molecule has 6 nitrogen and oxygen atoms in total. The normalized spacial score (nSPS) is 18.9. The van der Waals surface area contributed by atoms with Crippen LogP contribution < -0.4 is 5.73 Å². The minimum atomic E-state index is -1.22. The van der Waals surface area contributed by atoms with Gasteiger partial charge in [-0.05, 0) is 29.8 Å². The first-order valence-electron chi connectivity index (χ1n) is 8.50. The molecule has 27 heavy (non-hydrogen) atoms. The van der Waals surface area contributed by atoms with Crippen molar-refractivity contribution in [1.82, 2.24) is 9.88 Å². The quantitative estimate of drug-likeness (QED) is 0.713. The number of amides is 1. The van der Waals surface area contributed by atoms with Gasteiger partial charge >= 0.3 is 0 Å². The molecule has 1 aliphatic heterocycles. The number of aliphatic hydroxyl groups is 2. The average molecular weight is 363 g/mol. The van der Waals surface area contributed by atoms with E-state index in [9.17, 15) is 15.0 Å². The summed E-state index contributed by atoms with van der Waals surface area (Å²) in [5.74, 6) is 5.25. The van der Waals surface area contributed by atoms with Gasteiger partial charge in [0.05, 0.1) is 18.0 Å². The Balaban J connectivity index is 1.96. The highest BCUT2D eigenvalue weighted by molar-refractivity contribution is 5.91. The number of carbonyl (C=O) groups is 1. The van der Waals surface area contributed by atoms with Crippen LogP contribution in [0.25, 0.3) is 11.3 Å². The summed E-state index contributed by atoms with van der Waals surface area (Å²) in [6, 6.07) is 10.4. The maximum Gasteiger partial charge on any atom is 0.267 e. The zero-order chi connectivity index (χ0) is 19.6. The molecule has 138 valence electrons. The van der Waals surface area contributed by atoms with E-state index < -0.39 is 11.5 Å². The van der Waals surface area contributed by atoms with Gasteiger partial charge in [-0.3, -0.25) is 4.79 Å². The van der Waals surface area contributed by atoms with Crippen molar-refractivity contribution in [2.75, 3.05) is 13.6 Å². The third kappa shape index (κ3) is 3.85. The SMILES string of the molecule is C=C1N(C)CC[C@@]1(O)C#Cc1cccc(-c2cc(CO)cc(C(N)=O)n2)c1. The molecule has 1 saturated heterocycles. The maximum atomic E-state index is 11.5. The average Bonchev–Trinajstić information content (AvgIpc) is 2.94. The van der Waals surface area contributed by atoms with Crippen LogP contribution in [0.2, 0.25) is 0 Å². The Bertz CT molecular complexity index is 974. The van der Waals surface area contributed by atoms with Gasteiger partial charge in [0.15, 0.2) is 5.60 Å². The summed E-state index contributed by atoms with van der Waals surface area (Å²) in [5, 5.41) is 20.0. The molecule has 0 unspecified atom stereocenters. The molecule has 0 spiro atoms. The first kappa shape index (κ1) is 18.6. The number of rotatable bonds is 3. The van der Waals surface area contributed by atoms with Crippen molar-refractivity contribution >= 4 is 5.91 Å². The van der Waals surface area contributed by atoms with Gasteiger partial charge in [0.25, 0.3) is 5.91 Å². The van der Waals surface area contributed by atoms with Gasteiger partial charge in [0.1, 0.15) is 5.69 Å². The molecular weight excluding hydrogens is 342 g/mol. The Labute approximate surface area is 158 Å². The van der Waals surface area contributed by atoms with Gasteiger partial charge < -0.3 is 20.8 Å². The van der Waals surface area contributed by atoms with Crippen LogP contribution in [0.15, 0.2) is 48.7 Å². The Kier molecular flexibility index (Phi) is 5.00. The minimum absolute atomic E-state index is 0.0904. The predicted molar refractivity (Wildman–Crippen MR) is 102 cm³/mol. The van der Waals surface area contributed by atoms with Crippen LogP contribution in [-0.4, -0.2) is 45.2 Å². The number of likely N-dealkylation sites (tertiary alicyclic amines) is 1. The first-order valence-corrected chi connectivity index (χ1v) is 8.50. The van der Waals surface area contributed by atoms with Crippen molar-refractivity contribution in [3.63, 3.8) is 0 Å². The van der Waals surface area contributed by atoms with E-state index in [-0.39, 0.29) is 12.3 Å². The van der Waals surface area contributed by atoms with E-state index in [0.29, 0.717) is 35.5 Å². The number of hydrogen-bond acceptors (Lipinski definition) is 5. The number of likely N-dealkylation sites (N-methyl/N-ethyl adjacent to an activating group) is 1. The maximum absolute atomic E-state index is 11.5. The monoisotopic (exact) mass is 363 g/mol. The molecule has 3 rings (SSSR count). The van der Waals surface area contributed by atoms with Gasteiger partial charge in [-0.25, -0.2) is 4.98 Å². The molecule has 2 aromatic rings. The van der Waals surface area contributed by atoms with Crippen molar-refractivity contribution in [2.45, 2.75) is 18.6 Å². The topological polar surface area (TPSA) is 99.7 Å². The van der Waals surface area contributed by atoms with E-state index in [4.69, 9.17) is 5.73 Å². The molecule has 1 amide bonds. The number of primary amides is 1. The number of carbonyl (C=O) groups excluding carboxylic acids is 1. The van der Waals surface area contributed by atoms with E-state index >= 15 is 0 Å². The molecule has 1 aromatic carbocycles. The van der Waals surface area contributed by atoms with E-state index in [2.05, 4.69) is 23.4 Å². The lowest BCUT2D eigenvalue weighted by atomic mass is 10.00. The molecule has 1 atom stereocenters. The highest BCUT2D eigenvalue weighted by atomic mass is 16.3. The fourth-order valence-electron chi connectivity index (χ4n) is 2.94. The van der Waals surface area contributed by atoms with Crippen LogP contribution in [0, 0.1) is 11.8 Å². The number of nitrogens with two attached hydrogens (primary N) is 1. The third-order valence-electron chi connectivity index (χ3n) is 4.64. The lowest BCUT2D eigenvalue weighted by molar-refractivity contribution is 0.0995. The first-order chi connectivity index (χ1) is 12.8. The van der Waals surface area contributed by atoms with Gasteiger partial charge in [0.2, 0.25) is 0 Å². The summed E-state index contributed by atoms with van der Waals surface area (Å²) in [4.78, 5) is 17.6. The zero-order valence-electron chi connectivity index (χ0n) is 15.1. The van der Waals surface area contributed by atoms with E-state index in [1.54, 1.807) is 6.07 Å². The van der Waals surface area contributed by atoms with Gasteiger partial charge in [-0.15, -0.1) is 0 Å². The molecular formula is C21H21N3O3. The molecule has 4 N–H and O–H groups in total. The molecule has 0 saturated carbocycles. The third-order valence-corrected chi connectivity index (χ3v) is 4.64. The highest BCUT2D eigenvalue weighted by Crippen LogP contribution is 2.29. The number of pyridine rings is 1. The minimum Gasteiger partial charge on any atom is -0.392 e. The molecule has 2 heterocycles. The van der Waals surface area contributed by atoms with Gasteiger partial charge in [-0.2, -0.15) is 0 Å². The van der Waals surface area contributed by atoms with Crippen molar-refractivity contribution in [3.8, 4) is 23.1 Å². The van der Waals surface area contributed by atoms with Crippen LogP contribution in [0.3, 0.4) is 0 Å². The van der Waals surface area contributed by atoms with Gasteiger partial charge in [-0.1, -0.05) is 30.6 Å². The van der Waals surface area contributed by atoms with Crippen molar-refractivity contribution in [2.24, 2.45) is 5.73 Å². The van der Waals surface area contributed by atoms with Crippen LogP contribution in [0.1, 0.15) is 28.0 Å². The number of hydrogen-bond donors (Lipinski definition) is 3. The summed E-state index contributed by atoms with van der Waals surface area (Å²) in [7, 11) is 1.87. The molecule has 1 aromatic heterocycles. The van der Waals surface area contributed by atoms with Gasteiger partial charge in [0, 0.05) is 31.1 Å². The van der Waals surface area contributed by atoms with E-state index in [1.807, 2.05) is 36.2 Å². The lowest BCUT2D eigenvalue weighted by Gasteiger charge is -2.19. The summed E-state index contributed by atoms with van der Waals surface area (Å²) < 4.78 is 0. The number of benzene rings is 1. The standard InChI is InChI=1S/C21H21N3O3/c1-14-21(27,8-9-24(14)2)7-6-15-4-3-5-17(10-15)18-11-16(13-25)12-19(23-18)20(22)26/h3-5,10-12,25,27H,1,8-9,13H2,2H3,(H2,22,26)/t21-/m0/s1. The largest absolute Gasteiger partial charge is 0.392 e. The Morgan fingerprint density at radius 3 is 2.81 bits per heavy atom. The second kappa shape index (κ2) is 7.23. The summed E-state index contributed by atoms with van der Waals surface area (Å²) in [6.07, 6.45) is 0.511.